The second kappa shape index (κ2) is 6.31. The van der Waals surface area contributed by atoms with Gasteiger partial charge in [0.15, 0.2) is 0 Å². The predicted molar refractivity (Wildman–Crippen MR) is 75.1 cm³/mol. The van der Waals surface area contributed by atoms with Crippen LogP contribution in [0.25, 0.3) is 0 Å². The zero-order chi connectivity index (χ0) is 15.4. The number of hydrogen-bond acceptors (Lipinski definition) is 5. The van der Waals surface area contributed by atoms with Crippen LogP contribution in [0.4, 0.5) is 5.69 Å². The molecule has 2 rings (SSSR count). The standard InChI is InChI=1S/C12H12ClN5O3/c1-8(6-17-3-2-14-7-17)16-12(19)10-4-9(18(20)21)5-15-11(10)13/h2-5,7-8H,6H2,1H3,(H,16,19). The molecule has 8 nitrogen and oxygen atoms in total. The van der Waals surface area contributed by atoms with Crippen molar-refractivity contribution in [2.45, 2.75) is 19.5 Å². The van der Waals surface area contributed by atoms with E-state index in [2.05, 4.69) is 15.3 Å². The van der Waals surface area contributed by atoms with Crippen LogP contribution in [0.15, 0.2) is 31.0 Å². The van der Waals surface area contributed by atoms with Gasteiger partial charge in [-0.1, -0.05) is 11.6 Å². The normalized spacial score (nSPS) is 11.9. The van der Waals surface area contributed by atoms with Gasteiger partial charge in [-0.15, -0.1) is 0 Å². The summed E-state index contributed by atoms with van der Waals surface area (Å²) in [6, 6.07) is 0.899. The van der Waals surface area contributed by atoms with Crippen LogP contribution in [-0.4, -0.2) is 31.4 Å². The molecular formula is C12H12ClN5O3. The molecule has 9 heteroatoms. The monoisotopic (exact) mass is 309 g/mol. The van der Waals surface area contributed by atoms with Gasteiger partial charge in [0.25, 0.3) is 11.6 Å². The average molecular weight is 310 g/mol. The van der Waals surface area contributed by atoms with E-state index in [1.807, 2.05) is 0 Å². The fraction of sp³-hybridized carbons (Fsp3) is 0.250. The van der Waals surface area contributed by atoms with E-state index in [1.54, 1.807) is 30.2 Å². The highest BCUT2D eigenvalue weighted by molar-refractivity contribution is 6.32. The van der Waals surface area contributed by atoms with E-state index in [0.29, 0.717) is 6.54 Å². The van der Waals surface area contributed by atoms with Crippen molar-refractivity contribution in [3.05, 3.63) is 51.8 Å². The number of amides is 1. The number of halogens is 1. The van der Waals surface area contributed by atoms with Gasteiger partial charge in [-0.25, -0.2) is 9.97 Å². The molecule has 0 aliphatic heterocycles. The van der Waals surface area contributed by atoms with Crippen molar-refractivity contribution in [2.75, 3.05) is 0 Å². The Hall–Kier alpha value is -2.48. The molecule has 0 radical (unpaired) electrons. The van der Waals surface area contributed by atoms with Crippen LogP contribution in [0, 0.1) is 10.1 Å². The molecule has 2 aromatic heterocycles. The molecule has 21 heavy (non-hydrogen) atoms. The largest absolute Gasteiger partial charge is 0.348 e. The van der Waals surface area contributed by atoms with Gasteiger partial charge in [0.2, 0.25) is 0 Å². The number of carbonyl (C=O) groups is 1. The topological polar surface area (TPSA) is 103 Å². The third kappa shape index (κ3) is 3.76. The maximum absolute atomic E-state index is 12.1. The molecule has 2 heterocycles. The molecule has 1 unspecified atom stereocenters. The highest BCUT2D eigenvalue weighted by Gasteiger charge is 2.18. The Morgan fingerprint density at radius 1 is 1.62 bits per heavy atom. The van der Waals surface area contributed by atoms with E-state index in [9.17, 15) is 14.9 Å². The third-order valence-electron chi connectivity index (χ3n) is 2.70. The minimum atomic E-state index is -0.630. The number of imidazole rings is 1. The van der Waals surface area contributed by atoms with Crippen molar-refractivity contribution < 1.29 is 9.72 Å². The molecular weight excluding hydrogens is 298 g/mol. The van der Waals surface area contributed by atoms with Crippen LogP contribution in [0.5, 0.6) is 0 Å². The van der Waals surface area contributed by atoms with Gasteiger partial charge < -0.3 is 9.88 Å². The maximum Gasteiger partial charge on any atom is 0.288 e. The summed E-state index contributed by atoms with van der Waals surface area (Å²) in [5.74, 6) is -0.510. The van der Waals surface area contributed by atoms with Crippen LogP contribution >= 0.6 is 11.6 Å². The van der Waals surface area contributed by atoms with Crippen LogP contribution in [0.3, 0.4) is 0 Å². The van der Waals surface area contributed by atoms with Crippen molar-refractivity contribution >= 4 is 23.2 Å². The lowest BCUT2D eigenvalue weighted by Crippen LogP contribution is -2.35. The van der Waals surface area contributed by atoms with Gasteiger partial charge in [-0.2, -0.15) is 0 Å². The first-order chi connectivity index (χ1) is 9.97. The summed E-state index contributed by atoms with van der Waals surface area (Å²) in [4.78, 5) is 29.7. The first kappa shape index (κ1) is 14.9. The lowest BCUT2D eigenvalue weighted by molar-refractivity contribution is -0.385. The van der Waals surface area contributed by atoms with E-state index in [4.69, 9.17) is 11.6 Å². The first-order valence-electron chi connectivity index (χ1n) is 6.04. The lowest BCUT2D eigenvalue weighted by atomic mass is 10.2. The van der Waals surface area contributed by atoms with Gasteiger partial charge in [0, 0.05) is 31.0 Å². The Balaban J connectivity index is 2.09. The summed E-state index contributed by atoms with van der Waals surface area (Å²) in [5.41, 5.74) is -0.310. The number of rotatable bonds is 5. The Labute approximate surface area is 124 Å². The number of nitrogens with one attached hydrogen (secondary N) is 1. The summed E-state index contributed by atoms with van der Waals surface area (Å²) in [6.45, 7) is 2.32. The zero-order valence-corrected chi connectivity index (χ0v) is 11.8. The molecule has 2 aromatic rings. The molecule has 1 atom stereocenters. The molecule has 0 aromatic carbocycles. The number of hydrogen-bond donors (Lipinski definition) is 1. The highest BCUT2D eigenvalue weighted by atomic mass is 35.5. The maximum atomic E-state index is 12.1. The molecule has 1 N–H and O–H groups in total. The summed E-state index contributed by atoms with van der Waals surface area (Å²) >= 11 is 5.81. The number of nitrogens with zero attached hydrogens (tertiary/aromatic N) is 4. The molecule has 0 bridgehead atoms. The van der Waals surface area contributed by atoms with E-state index in [1.165, 1.54) is 0 Å². The van der Waals surface area contributed by atoms with E-state index in [-0.39, 0.29) is 22.4 Å². The molecule has 0 spiro atoms. The predicted octanol–water partition coefficient (Wildman–Crippen LogP) is 1.66. The molecule has 0 saturated carbocycles. The van der Waals surface area contributed by atoms with Crippen molar-refractivity contribution in [3.8, 4) is 0 Å². The molecule has 0 aliphatic carbocycles. The second-order valence-electron chi connectivity index (χ2n) is 4.42. The SMILES string of the molecule is CC(Cn1ccnc1)NC(=O)c1cc([N+](=O)[O-])cnc1Cl. The Bertz CT molecular complexity index is 659. The highest BCUT2D eigenvalue weighted by Crippen LogP contribution is 2.19. The first-order valence-corrected chi connectivity index (χ1v) is 6.41. The number of carbonyl (C=O) groups excluding carboxylic acids is 1. The molecule has 0 saturated heterocycles. The summed E-state index contributed by atoms with van der Waals surface area (Å²) in [5, 5.41) is 13.3. The van der Waals surface area contributed by atoms with E-state index < -0.39 is 10.8 Å². The van der Waals surface area contributed by atoms with Gasteiger partial charge in [0.05, 0.1) is 16.8 Å². The molecule has 0 fully saturated rings. The minimum Gasteiger partial charge on any atom is -0.348 e. The molecule has 1 amide bonds. The Morgan fingerprint density at radius 2 is 2.38 bits per heavy atom. The minimum absolute atomic E-state index is 0.0247. The number of pyridine rings is 1. The van der Waals surface area contributed by atoms with Gasteiger partial charge in [-0.05, 0) is 6.92 Å². The smallest absolute Gasteiger partial charge is 0.288 e. The van der Waals surface area contributed by atoms with Gasteiger partial charge in [0.1, 0.15) is 11.3 Å². The van der Waals surface area contributed by atoms with Crippen molar-refractivity contribution in [2.24, 2.45) is 0 Å². The van der Waals surface area contributed by atoms with E-state index >= 15 is 0 Å². The van der Waals surface area contributed by atoms with Crippen LogP contribution in [-0.2, 0) is 6.54 Å². The average Bonchev–Trinajstić information content (AvgIpc) is 2.91. The van der Waals surface area contributed by atoms with Crippen LogP contribution in [0.2, 0.25) is 5.15 Å². The van der Waals surface area contributed by atoms with E-state index in [0.717, 1.165) is 12.3 Å². The Kier molecular flexibility index (Phi) is 4.49. The lowest BCUT2D eigenvalue weighted by Gasteiger charge is -2.14. The third-order valence-corrected chi connectivity index (χ3v) is 3.00. The summed E-state index contributed by atoms with van der Waals surface area (Å²) in [6.07, 6.45) is 6.04. The fourth-order valence-corrected chi connectivity index (χ4v) is 1.94. The van der Waals surface area contributed by atoms with Crippen LogP contribution in [0.1, 0.15) is 17.3 Å². The number of nitro groups is 1. The summed E-state index contributed by atoms with van der Waals surface area (Å²) < 4.78 is 1.80. The summed E-state index contributed by atoms with van der Waals surface area (Å²) in [7, 11) is 0. The quantitative estimate of drug-likeness (QED) is 0.514. The van der Waals surface area contributed by atoms with Gasteiger partial charge in [-0.3, -0.25) is 14.9 Å². The van der Waals surface area contributed by atoms with Crippen molar-refractivity contribution in [1.82, 2.24) is 19.9 Å². The van der Waals surface area contributed by atoms with Crippen molar-refractivity contribution in [3.63, 3.8) is 0 Å². The number of aromatic nitrogens is 3. The second-order valence-corrected chi connectivity index (χ2v) is 4.78. The van der Waals surface area contributed by atoms with Crippen molar-refractivity contribution in [1.29, 1.82) is 0 Å². The van der Waals surface area contributed by atoms with Gasteiger partial charge >= 0.3 is 0 Å². The fourth-order valence-electron chi connectivity index (χ4n) is 1.75. The molecule has 0 aliphatic rings. The Morgan fingerprint density at radius 3 is 3.00 bits per heavy atom. The molecule has 110 valence electrons. The van der Waals surface area contributed by atoms with Crippen LogP contribution < -0.4 is 5.32 Å². The zero-order valence-electron chi connectivity index (χ0n) is 11.1.